The molecule has 1 heterocycles. The van der Waals surface area contributed by atoms with E-state index < -0.39 is 0 Å². The van der Waals surface area contributed by atoms with Crippen LogP contribution in [-0.2, 0) is 6.61 Å². The fourth-order valence-electron chi connectivity index (χ4n) is 0.466. The Hall–Kier alpha value is -0.550. The predicted molar refractivity (Wildman–Crippen MR) is 43.6 cm³/mol. The van der Waals surface area contributed by atoms with Crippen molar-refractivity contribution in [2.75, 3.05) is 0 Å². The highest BCUT2D eigenvalue weighted by molar-refractivity contribution is 7.92. The lowest BCUT2D eigenvalue weighted by atomic mass is 10.5. The van der Waals surface area contributed by atoms with Crippen molar-refractivity contribution in [2.45, 2.75) is 20.5 Å². The van der Waals surface area contributed by atoms with Crippen LogP contribution in [0.4, 0.5) is 3.89 Å². The van der Waals surface area contributed by atoms with E-state index in [2.05, 4.69) is 5.10 Å². The highest BCUT2D eigenvalue weighted by Crippen LogP contribution is 2.05. The zero-order valence-electron chi connectivity index (χ0n) is 6.49. The Labute approximate surface area is 69.7 Å². The van der Waals surface area contributed by atoms with E-state index in [9.17, 15) is 3.89 Å². The summed E-state index contributed by atoms with van der Waals surface area (Å²) in [5.41, 5.74) is 0.472. The summed E-state index contributed by atoms with van der Waals surface area (Å²) >= 11 is -0.000556. The smallest absolute Gasteiger partial charge is 0.187 e. The van der Waals surface area contributed by atoms with Crippen molar-refractivity contribution in [3.63, 3.8) is 0 Å². The average molecular weight is 178 g/mol. The van der Waals surface area contributed by atoms with Gasteiger partial charge < -0.3 is 5.11 Å². The van der Waals surface area contributed by atoms with Gasteiger partial charge in [0.05, 0.1) is 12.3 Å². The molecule has 5 heteroatoms. The SMILES string of the molecule is CC.OCc1ccn(SF)n1. The zero-order chi connectivity index (χ0) is 8.69. The first-order valence-corrected chi connectivity index (χ1v) is 3.98. The van der Waals surface area contributed by atoms with Crippen molar-refractivity contribution in [2.24, 2.45) is 0 Å². The Morgan fingerprint density at radius 2 is 2.36 bits per heavy atom. The Balaban J connectivity index is 0.000000461. The molecule has 0 bridgehead atoms. The van der Waals surface area contributed by atoms with Gasteiger partial charge >= 0.3 is 0 Å². The molecule has 0 saturated heterocycles. The highest BCUT2D eigenvalue weighted by Gasteiger charge is 1.94. The lowest BCUT2D eigenvalue weighted by Crippen LogP contribution is -1.86. The van der Waals surface area contributed by atoms with Crippen molar-refractivity contribution in [3.8, 4) is 0 Å². The number of aliphatic hydroxyl groups excluding tert-OH is 1. The number of aliphatic hydroxyl groups is 1. The summed E-state index contributed by atoms with van der Waals surface area (Å²) < 4.78 is 12.6. The number of rotatable bonds is 2. The molecule has 3 nitrogen and oxygen atoms in total. The Morgan fingerprint density at radius 1 is 1.73 bits per heavy atom. The zero-order valence-corrected chi connectivity index (χ0v) is 7.31. The van der Waals surface area contributed by atoms with Crippen LogP contribution in [0.3, 0.4) is 0 Å². The minimum Gasteiger partial charge on any atom is -0.390 e. The fourth-order valence-corrected chi connectivity index (χ4v) is 0.708. The normalized spacial score (nSPS) is 8.73. The molecule has 0 aliphatic carbocycles. The summed E-state index contributed by atoms with van der Waals surface area (Å²) in [5, 5.41) is 12.0. The molecule has 1 rings (SSSR count). The van der Waals surface area contributed by atoms with Gasteiger partial charge in [-0.2, -0.15) is 9.19 Å². The number of hydrogen-bond donors (Lipinski definition) is 1. The molecule has 0 fully saturated rings. The fraction of sp³-hybridized carbons (Fsp3) is 0.500. The van der Waals surface area contributed by atoms with E-state index >= 15 is 0 Å². The van der Waals surface area contributed by atoms with E-state index in [1.807, 2.05) is 13.8 Å². The first kappa shape index (κ1) is 10.4. The van der Waals surface area contributed by atoms with Gasteiger partial charge in [0.1, 0.15) is 0 Å². The van der Waals surface area contributed by atoms with E-state index in [-0.39, 0.29) is 18.9 Å². The van der Waals surface area contributed by atoms with Crippen LogP contribution in [0, 0.1) is 0 Å². The van der Waals surface area contributed by atoms with Crippen LogP contribution in [0.1, 0.15) is 19.5 Å². The molecular weight excluding hydrogens is 167 g/mol. The van der Waals surface area contributed by atoms with Crippen LogP contribution < -0.4 is 0 Å². The maximum Gasteiger partial charge on any atom is 0.187 e. The van der Waals surface area contributed by atoms with E-state index in [1.165, 1.54) is 6.20 Å². The van der Waals surface area contributed by atoms with Gasteiger partial charge in [0.15, 0.2) is 12.3 Å². The minimum atomic E-state index is -0.145. The summed E-state index contributed by atoms with van der Waals surface area (Å²) in [7, 11) is 0. The van der Waals surface area contributed by atoms with Crippen LogP contribution >= 0.6 is 12.3 Å². The molecule has 1 N–H and O–H groups in total. The molecule has 0 unspecified atom stereocenters. The quantitative estimate of drug-likeness (QED) is 0.750. The molecular formula is C6H11FN2OS. The topological polar surface area (TPSA) is 38.0 Å². The molecule has 0 aromatic carbocycles. The van der Waals surface area contributed by atoms with Gasteiger partial charge in [-0.1, -0.05) is 13.8 Å². The lowest BCUT2D eigenvalue weighted by Gasteiger charge is -1.85. The highest BCUT2D eigenvalue weighted by atomic mass is 32.2. The second-order valence-corrected chi connectivity index (χ2v) is 1.95. The summed E-state index contributed by atoms with van der Waals surface area (Å²) in [6.07, 6.45) is 1.44. The second-order valence-electron chi connectivity index (χ2n) is 1.44. The predicted octanol–water partition coefficient (Wildman–Crippen LogP) is 1.78. The van der Waals surface area contributed by atoms with Gasteiger partial charge in [-0.05, 0) is 6.07 Å². The summed E-state index contributed by atoms with van der Waals surface area (Å²) in [6.45, 7) is 3.85. The van der Waals surface area contributed by atoms with E-state index in [4.69, 9.17) is 5.11 Å². The first-order chi connectivity index (χ1) is 5.36. The van der Waals surface area contributed by atoms with Gasteiger partial charge in [0.2, 0.25) is 0 Å². The lowest BCUT2D eigenvalue weighted by molar-refractivity contribution is 0.276. The monoisotopic (exact) mass is 178 g/mol. The second kappa shape index (κ2) is 6.18. The molecule has 0 spiro atoms. The van der Waals surface area contributed by atoms with Crippen molar-refractivity contribution < 1.29 is 8.99 Å². The average Bonchev–Trinajstić information content (AvgIpc) is 2.55. The number of aromatic nitrogens is 2. The number of halogens is 1. The standard InChI is InChI=1S/C4H5FN2OS.C2H6/c5-9-7-2-1-4(3-8)6-7;1-2/h1-2,8H,3H2;1-2H3. The van der Waals surface area contributed by atoms with Crippen LogP contribution in [0.2, 0.25) is 0 Å². The summed E-state index contributed by atoms with van der Waals surface area (Å²) in [5.74, 6) is 0. The Bertz CT molecular complexity index is 174. The third-order valence-corrected chi connectivity index (χ3v) is 1.20. The van der Waals surface area contributed by atoms with Crippen molar-refractivity contribution in [1.82, 2.24) is 9.19 Å². The number of hydrogen-bond acceptors (Lipinski definition) is 3. The largest absolute Gasteiger partial charge is 0.390 e. The molecule has 11 heavy (non-hydrogen) atoms. The van der Waals surface area contributed by atoms with Crippen LogP contribution in [0.15, 0.2) is 12.3 Å². The van der Waals surface area contributed by atoms with Gasteiger partial charge in [-0.3, -0.25) is 0 Å². The molecule has 0 aliphatic rings. The third kappa shape index (κ3) is 3.38. The van der Waals surface area contributed by atoms with Crippen molar-refractivity contribution in [1.29, 1.82) is 0 Å². The molecule has 64 valence electrons. The van der Waals surface area contributed by atoms with Crippen LogP contribution in [-0.4, -0.2) is 14.3 Å². The summed E-state index contributed by atoms with van der Waals surface area (Å²) in [6, 6.07) is 1.55. The van der Waals surface area contributed by atoms with Gasteiger partial charge in [0.25, 0.3) is 0 Å². The number of nitrogens with zero attached hydrogens (tertiary/aromatic N) is 2. The van der Waals surface area contributed by atoms with Gasteiger partial charge in [0, 0.05) is 6.20 Å². The maximum absolute atomic E-state index is 11.6. The van der Waals surface area contributed by atoms with Gasteiger partial charge in [-0.25, -0.2) is 0 Å². The molecule has 0 atom stereocenters. The van der Waals surface area contributed by atoms with E-state index in [0.717, 1.165) is 4.09 Å². The van der Waals surface area contributed by atoms with Crippen LogP contribution in [0.25, 0.3) is 0 Å². The first-order valence-electron chi connectivity index (χ1n) is 3.31. The maximum atomic E-state index is 11.6. The van der Waals surface area contributed by atoms with E-state index in [1.54, 1.807) is 6.07 Å². The molecule has 0 radical (unpaired) electrons. The van der Waals surface area contributed by atoms with E-state index in [0.29, 0.717) is 5.69 Å². The van der Waals surface area contributed by atoms with Crippen LogP contribution in [0.5, 0.6) is 0 Å². The molecule has 0 aliphatic heterocycles. The summed E-state index contributed by atoms with van der Waals surface area (Å²) in [4.78, 5) is 0. The molecule has 0 saturated carbocycles. The molecule has 1 aromatic rings. The third-order valence-electron chi connectivity index (χ3n) is 0.854. The molecule has 1 aromatic heterocycles. The van der Waals surface area contributed by atoms with Crippen molar-refractivity contribution >= 4 is 12.3 Å². The minimum absolute atomic E-state index is 0.000556. The Kier molecular flexibility index (Phi) is 5.87. The Morgan fingerprint density at radius 3 is 2.64 bits per heavy atom. The van der Waals surface area contributed by atoms with Gasteiger partial charge in [-0.15, -0.1) is 3.89 Å². The molecule has 0 amide bonds. The van der Waals surface area contributed by atoms with Crippen molar-refractivity contribution in [3.05, 3.63) is 18.0 Å².